The quantitative estimate of drug-likeness (QED) is 0.615. The van der Waals surface area contributed by atoms with Crippen molar-refractivity contribution in [3.63, 3.8) is 0 Å². The molecule has 146 valence electrons. The first-order valence-electron chi connectivity index (χ1n) is 8.71. The number of carbonyl (C=O) groups excluding carboxylic acids is 2. The van der Waals surface area contributed by atoms with Crippen LogP contribution in [-0.2, 0) is 9.59 Å². The molecule has 1 aromatic rings. The summed E-state index contributed by atoms with van der Waals surface area (Å²) in [4.78, 5) is 24.5. The zero-order chi connectivity index (χ0) is 20.3. The van der Waals surface area contributed by atoms with E-state index in [1.807, 2.05) is 6.92 Å². The molecule has 6 nitrogen and oxygen atoms in total. The second kappa shape index (κ2) is 8.18. The van der Waals surface area contributed by atoms with Crippen LogP contribution in [-0.4, -0.2) is 30.1 Å². The van der Waals surface area contributed by atoms with E-state index >= 15 is 0 Å². The number of esters is 2. The highest BCUT2D eigenvalue weighted by Gasteiger charge is 2.29. The van der Waals surface area contributed by atoms with Crippen molar-refractivity contribution in [1.29, 1.82) is 0 Å². The molecule has 0 radical (unpaired) electrons. The first-order chi connectivity index (χ1) is 11.8. The lowest BCUT2D eigenvalue weighted by Gasteiger charge is -2.23. The molecule has 2 N–H and O–H groups in total. The number of hydrogen-bond acceptors (Lipinski definition) is 6. The molecule has 26 heavy (non-hydrogen) atoms. The van der Waals surface area contributed by atoms with Gasteiger partial charge in [0.1, 0.15) is 0 Å². The summed E-state index contributed by atoms with van der Waals surface area (Å²) in [7, 11) is 1.74. The number of benzene rings is 1. The molecule has 0 heterocycles. The molecule has 0 aromatic heterocycles. The minimum absolute atomic E-state index is 0.113. The number of carbonyl (C=O) groups is 2. The van der Waals surface area contributed by atoms with Gasteiger partial charge in [0.15, 0.2) is 11.5 Å². The lowest BCUT2D eigenvalue weighted by Crippen LogP contribution is -2.29. The van der Waals surface area contributed by atoms with Gasteiger partial charge in [-0.1, -0.05) is 6.07 Å². The Kier molecular flexibility index (Phi) is 6.96. The number of rotatable bonds is 5. The van der Waals surface area contributed by atoms with E-state index in [-0.39, 0.29) is 17.5 Å². The second-order valence-corrected chi connectivity index (χ2v) is 8.51. The van der Waals surface area contributed by atoms with Crippen LogP contribution in [0.5, 0.6) is 11.5 Å². The van der Waals surface area contributed by atoms with Gasteiger partial charge in [-0.25, -0.2) is 0 Å². The molecule has 0 spiro atoms. The third-order valence-corrected chi connectivity index (χ3v) is 3.87. The van der Waals surface area contributed by atoms with Gasteiger partial charge in [-0.05, 0) is 73.2 Å². The number of nitrogens with one attached hydrogen (secondary N) is 1. The maximum absolute atomic E-state index is 12.3. The third kappa shape index (κ3) is 5.81. The summed E-state index contributed by atoms with van der Waals surface area (Å²) < 4.78 is 10.9. The molecule has 2 unspecified atom stereocenters. The van der Waals surface area contributed by atoms with Crippen molar-refractivity contribution in [2.75, 3.05) is 7.05 Å². The van der Waals surface area contributed by atoms with Crippen molar-refractivity contribution >= 4 is 11.9 Å². The van der Waals surface area contributed by atoms with Crippen LogP contribution in [0, 0.1) is 10.8 Å². The number of ether oxygens (including phenoxy) is 2. The monoisotopic (exact) mass is 365 g/mol. The SMILES string of the molecule is CNC(C)C(O)c1ccc(OC(=O)C(C)(C)C)c(OC(=O)C(C)(C)C)c1. The van der Waals surface area contributed by atoms with Crippen LogP contribution >= 0.6 is 0 Å². The number of aliphatic hydroxyl groups is 1. The van der Waals surface area contributed by atoms with Gasteiger partial charge in [0.2, 0.25) is 0 Å². The fourth-order valence-corrected chi connectivity index (χ4v) is 1.83. The maximum Gasteiger partial charge on any atom is 0.316 e. The van der Waals surface area contributed by atoms with Crippen molar-refractivity contribution < 1.29 is 24.2 Å². The molecule has 0 amide bonds. The average molecular weight is 365 g/mol. The molecule has 0 aliphatic heterocycles. The van der Waals surface area contributed by atoms with Crippen LogP contribution in [0.25, 0.3) is 0 Å². The maximum atomic E-state index is 12.3. The Morgan fingerprint density at radius 1 is 0.962 bits per heavy atom. The minimum atomic E-state index is -0.806. The van der Waals surface area contributed by atoms with Gasteiger partial charge in [0.25, 0.3) is 0 Å². The van der Waals surface area contributed by atoms with Gasteiger partial charge >= 0.3 is 11.9 Å². The zero-order valence-corrected chi connectivity index (χ0v) is 17.0. The fraction of sp³-hybridized carbons (Fsp3) is 0.600. The van der Waals surface area contributed by atoms with E-state index < -0.39 is 28.9 Å². The van der Waals surface area contributed by atoms with Crippen molar-refractivity contribution in [1.82, 2.24) is 5.32 Å². The Balaban J connectivity index is 3.27. The topological polar surface area (TPSA) is 84.9 Å². The van der Waals surface area contributed by atoms with Crippen LogP contribution in [0.3, 0.4) is 0 Å². The normalized spacial score (nSPS) is 14.5. The first kappa shape index (κ1) is 22.1. The molecule has 0 fully saturated rings. The summed E-state index contributed by atoms with van der Waals surface area (Å²) in [5, 5.41) is 13.4. The Morgan fingerprint density at radius 2 is 1.42 bits per heavy atom. The van der Waals surface area contributed by atoms with Gasteiger partial charge in [0, 0.05) is 6.04 Å². The van der Waals surface area contributed by atoms with Crippen LogP contribution in [0.1, 0.15) is 60.1 Å². The predicted octanol–water partition coefficient (Wildman–Crippen LogP) is 3.23. The Labute approximate surface area is 155 Å². The highest BCUT2D eigenvalue weighted by atomic mass is 16.6. The van der Waals surface area contributed by atoms with Crippen molar-refractivity contribution in [3.8, 4) is 11.5 Å². The summed E-state index contributed by atoms with van der Waals surface area (Å²) in [5.41, 5.74) is -0.874. The van der Waals surface area contributed by atoms with Crippen LogP contribution in [0.15, 0.2) is 18.2 Å². The highest BCUT2D eigenvalue weighted by molar-refractivity contribution is 5.81. The lowest BCUT2D eigenvalue weighted by atomic mass is 9.97. The zero-order valence-electron chi connectivity index (χ0n) is 17.0. The molecule has 2 atom stereocenters. The molecule has 1 aromatic carbocycles. The van der Waals surface area contributed by atoms with Crippen LogP contribution < -0.4 is 14.8 Å². The molecule has 0 saturated carbocycles. The Hall–Kier alpha value is -1.92. The van der Waals surface area contributed by atoms with Gasteiger partial charge < -0.3 is 19.9 Å². The summed E-state index contributed by atoms with van der Waals surface area (Å²) in [6.45, 7) is 12.3. The summed E-state index contributed by atoms with van der Waals surface area (Å²) in [5.74, 6) is -0.640. The second-order valence-electron chi connectivity index (χ2n) is 8.51. The van der Waals surface area contributed by atoms with E-state index in [0.717, 1.165) is 0 Å². The van der Waals surface area contributed by atoms with Crippen molar-refractivity contribution in [2.24, 2.45) is 10.8 Å². The molecular formula is C20H31NO5. The highest BCUT2D eigenvalue weighted by Crippen LogP contribution is 2.34. The smallest absolute Gasteiger partial charge is 0.316 e. The van der Waals surface area contributed by atoms with Crippen LogP contribution in [0.2, 0.25) is 0 Å². The molecule has 0 aliphatic carbocycles. The van der Waals surface area contributed by atoms with E-state index in [0.29, 0.717) is 5.56 Å². The number of likely N-dealkylation sites (N-methyl/N-ethyl adjacent to an activating group) is 1. The largest absolute Gasteiger partial charge is 0.422 e. The first-order valence-corrected chi connectivity index (χ1v) is 8.71. The predicted molar refractivity (Wildman–Crippen MR) is 100 cm³/mol. The fourth-order valence-electron chi connectivity index (χ4n) is 1.83. The third-order valence-electron chi connectivity index (χ3n) is 3.87. The van der Waals surface area contributed by atoms with Gasteiger partial charge in [-0.2, -0.15) is 0 Å². The Bertz CT molecular complexity index is 655. The summed E-state index contributed by atoms with van der Waals surface area (Å²) in [6.07, 6.45) is -0.806. The van der Waals surface area contributed by atoms with E-state index in [4.69, 9.17) is 9.47 Å². The van der Waals surface area contributed by atoms with Crippen molar-refractivity contribution in [2.45, 2.75) is 60.6 Å². The van der Waals surface area contributed by atoms with E-state index in [9.17, 15) is 14.7 Å². The summed E-state index contributed by atoms with van der Waals surface area (Å²) >= 11 is 0. The van der Waals surface area contributed by atoms with Gasteiger partial charge in [-0.3, -0.25) is 9.59 Å². The summed E-state index contributed by atoms with van der Waals surface area (Å²) in [6, 6.07) is 4.52. The Morgan fingerprint density at radius 3 is 1.85 bits per heavy atom. The van der Waals surface area contributed by atoms with E-state index in [2.05, 4.69) is 5.32 Å². The van der Waals surface area contributed by atoms with Crippen LogP contribution in [0.4, 0.5) is 0 Å². The van der Waals surface area contributed by atoms with Gasteiger partial charge in [0.05, 0.1) is 16.9 Å². The standard InChI is InChI=1S/C20H31NO5/c1-12(21-8)16(22)13-9-10-14(25-17(23)19(2,3)4)15(11-13)26-18(24)20(5,6)7/h9-12,16,21-22H,1-8H3. The van der Waals surface area contributed by atoms with E-state index in [1.165, 1.54) is 12.1 Å². The van der Waals surface area contributed by atoms with Crippen molar-refractivity contribution in [3.05, 3.63) is 23.8 Å². The average Bonchev–Trinajstić information content (AvgIpc) is 2.52. The van der Waals surface area contributed by atoms with Gasteiger partial charge in [-0.15, -0.1) is 0 Å². The molecule has 0 saturated heterocycles. The molecular weight excluding hydrogens is 334 g/mol. The van der Waals surface area contributed by atoms with E-state index in [1.54, 1.807) is 54.7 Å². The molecule has 0 aliphatic rings. The lowest BCUT2D eigenvalue weighted by molar-refractivity contribution is -0.145. The number of hydrogen-bond donors (Lipinski definition) is 2. The number of aliphatic hydroxyl groups excluding tert-OH is 1. The molecule has 6 heteroatoms. The molecule has 1 rings (SSSR count). The minimum Gasteiger partial charge on any atom is -0.422 e. The molecule has 0 bridgehead atoms.